The summed E-state index contributed by atoms with van der Waals surface area (Å²) in [6, 6.07) is 0. The highest BCUT2D eigenvalue weighted by Crippen LogP contribution is 2.33. The SMILES string of the molecule is O=C(NC1(C(=O)O)CCC1)C1CCCCS1(=O)=O. The van der Waals surface area contributed by atoms with Crippen LogP contribution in [-0.4, -0.2) is 41.9 Å². The highest BCUT2D eigenvalue weighted by atomic mass is 32.2. The van der Waals surface area contributed by atoms with Crippen LogP contribution in [-0.2, 0) is 19.4 Å². The molecule has 1 saturated heterocycles. The summed E-state index contributed by atoms with van der Waals surface area (Å²) in [5, 5.41) is 10.5. The van der Waals surface area contributed by atoms with Crippen molar-refractivity contribution in [3.05, 3.63) is 0 Å². The van der Waals surface area contributed by atoms with E-state index in [1.165, 1.54) is 0 Å². The zero-order chi connectivity index (χ0) is 13.4. The predicted molar refractivity (Wildman–Crippen MR) is 63.8 cm³/mol. The third-order valence-corrected chi connectivity index (χ3v) is 6.02. The molecule has 0 bridgehead atoms. The molecule has 1 amide bonds. The molecule has 1 aliphatic heterocycles. The molecule has 0 aromatic carbocycles. The van der Waals surface area contributed by atoms with Crippen molar-refractivity contribution in [2.24, 2.45) is 0 Å². The van der Waals surface area contributed by atoms with Gasteiger partial charge in [0.05, 0.1) is 5.75 Å². The smallest absolute Gasteiger partial charge is 0.329 e. The maximum Gasteiger partial charge on any atom is 0.329 e. The molecule has 6 nitrogen and oxygen atoms in total. The minimum Gasteiger partial charge on any atom is -0.480 e. The molecule has 1 saturated carbocycles. The van der Waals surface area contributed by atoms with Crippen LogP contribution >= 0.6 is 0 Å². The summed E-state index contributed by atoms with van der Waals surface area (Å²) in [7, 11) is -3.41. The van der Waals surface area contributed by atoms with E-state index >= 15 is 0 Å². The summed E-state index contributed by atoms with van der Waals surface area (Å²) in [5.74, 6) is -1.70. The van der Waals surface area contributed by atoms with Gasteiger partial charge in [-0.1, -0.05) is 6.42 Å². The van der Waals surface area contributed by atoms with E-state index < -0.39 is 32.5 Å². The number of rotatable bonds is 3. The molecule has 1 heterocycles. The van der Waals surface area contributed by atoms with E-state index in [1.54, 1.807) is 0 Å². The zero-order valence-corrected chi connectivity index (χ0v) is 10.8. The van der Waals surface area contributed by atoms with Gasteiger partial charge in [-0.2, -0.15) is 0 Å². The zero-order valence-electron chi connectivity index (χ0n) is 10.0. The second-order valence-electron chi connectivity index (χ2n) is 5.08. The van der Waals surface area contributed by atoms with Crippen LogP contribution in [0.4, 0.5) is 0 Å². The summed E-state index contributed by atoms with van der Waals surface area (Å²) >= 11 is 0. The van der Waals surface area contributed by atoms with Crippen LogP contribution in [0.1, 0.15) is 38.5 Å². The van der Waals surface area contributed by atoms with E-state index in [4.69, 9.17) is 5.11 Å². The first-order valence-electron chi connectivity index (χ1n) is 6.14. The van der Waals surface area contributed by atoms with Gasteiger partial charge < -0.3 is 10.4 Å². The van der Waals surface area contributed by atoms with Gasteiger partial charge in [0, 0.05) is 0 Å². The van der Waals surface area contributed by atoms with E-state index in [2.05, 4.69) is 5.32 Å². The van der Waals surface area contributed by atoms with Crippen LogP contribution in [0.15, 0.2) is 0 Å². The lowest BCUT2D eigenvalue weighted by atomic mass is 9.76. The number of sulfone groups is 1. The highest BCUT2D eigenvalue weighted by Gasteiger charge is 2.48. The van der Waals surface area contributed by atoms with Crippen molar-refractivity contribution in [3.8, 4) is 0 Å². The molecule has 1 aliphatic carbocycles. The lowest BCUT2D eigenvalue weighted by Crippen LogP contribution is -2.61. The average molecular weight is 275 g/mol. The molecule has 18 heavy (non-hydrogen) atoms. The summed E-state index contributed by atoms with van der Waals surface area (Å²) in [5.41, 5.74) is -1.23. The topological polar surface area (TPSA) is 101 Å². The minimum atomic E-state index is -3.41. The van der Waals surface area contributed by atoms with E-state index in [0.717, 1.165) is 6.42 Å². The largest absolute Gasteiger partial charge is 0.480 e. The maximum atomic E-state index is 12.0. The van der Waals surface area contributed by atoms with Gasteiger partial charge in [0.1, 0.15) is 10.8 Å². The highest BCUT2D eigenvalue weighted by molar-refractivity contribution is 7.92. The quantitative estimate of drug-likeness (QED) is 0.759. The molecule has 2 rings (SSSR count). The van der Waals surface area contributed by atoms with Gasteiger partial charge in [-0.25, -0.2) is 13.2 Å². The Morgan fingerprint density at radius 2 is 1.83 bits per heavy atom. The Bertz CT molecular complexity index is 466. The van der Waals surface area contributed by atoms with Crippen LogP contribution in [0, 0.1) is 0 Å². The van der Waals surface area contributed by atoms with Crippen molar-refractivity contribution in [1.82, 2.24) is 5.32 Å². The average Bonchev–Trinajstić information content (AvgIpc) is 2.21. The minimum absolute atomic E-state index is 0.0190. The number of hydrogen-bond acceptors (Lipinski definition) is 4. The summed E-state index contributed by atoms with van der Waals surface area (Å²) in [6.07, 6.45) is 3.06. The van der Waals surface area contributed by atoms with Gasteiger partial charge in [-0.3, -0.25) is 4.79 Å². The predicted octanol–water partition coefficient (Wildman–Crippen LogP) is 0.0772. The van der Waals surface area contributed by atoms with Gasteiger partial charge in [0.25, 0.3) is 0 Å². The number of hydrogen-bond donors (Lipinski definition) is 2. The van der Waals surface area contributed by atoms with Crippen molar-refractivity contribution in [2.45, 2.75) is 49.3 Å². The molecule has 2 N–H and O–H groups in total. The Balaban J connectivity index is 2.10. The second-order valence-corrected chi connectivity index (χ2v) is 7.38. The fraction of sp³-hybridized carbons (Fsp3) is 0.818. The third kappa shape index (κ3) is 2.23. The number of carbonyl (C=O) groups excluding carboxylic acids is 1. The van der Waals surface area contributed by atoms with Gasteiger partial charge in [-0.05, 0) is 32.1 Å². The van der Waals surface area contributed by atoms with Crippen molar-refractivity contribution in [1.29, 1.82) is 0 Å². The van der Waals surface area contributed by atoms with Crippen molar-refractivity contribution in [3.63, 3.8) is 0 Å². The Morgan fingerprint density at radius 1 is 1.17 bits per heavy atom. The van der Waals surface area contributed by atoms with Gasteiger partial charge >= 0.3 is 5.97 Å². The van der Waals surface area contributed by atoms with Crippen LogP contribution < -0.4 is 5.32 Å². The lowest BCUT2D eigenvalue weighted by Gasteiger charge is -2.39. The maximum absolute atomic E-state index is 12.0. The Kier molecular flexibility index (Phi) is 3.35. The molecule has 2 aliphatic rings. The van der Waals surface area contributed by atoms with E-state index in [1.807, 2.05) is 0 Å². The van der Waals surface area contributed by atoms with Crippen molar-refractivity contribution >= 4 is 21.7 Å². The standard InChI is InChI=1S/C11H17NO5S/c13-9(8-4-1-2-7-18(8,16)17)12-11(10(14)15)5-3-6-11/h8H,1-7H2,(H,12,13)(H,14,15). The fourth-order valence-electron chi connectivity index (χ4n) is 2.49. The van der Waals surface area contributed by atoms with E-state index in [0.29, 0.717) is 32.1 Å². The molecule has 0 radical (unpaired) electrons. The lowest BCUT2D eigenvalue weighted by molar-refractivity contribution is -0.151. The van der Waals surface area contributed by atoms with Crippen LogP contribution in [0.5, 0.6) is 0 Å². The van der Waals surface area contributed by atoms with E-state index in [-0.39, 0.29) is 5.75 Å². The van der Waals surface area contributed by atoms with Crippen LogP contribution in [0.25, 0.3) is 0 Å². The van der Waals surface area contributed by atoms with Crippen LogP contribution in [0.2, 0.25) is 0 Å². The summed E-state index contributed by atoms with van der Waals surface area (Å²) in [4.78, 5) is 23.1. The molecular weight excluding hydrogens is 258 g/mol. The summed E-state index contributed by atoms with van der Waals surface area (Å²) in [6.45, 7) is 0. The van der Waals surface area contributed by atoms with Crippen molar-refractivity contribution < 1.29 is 23.1 Å². The van der Waals surface area contributed by atoms with Crippen molar-refractivity contribution in [2.75, 3.05) is 5.75 Å². The normalized spacial score (nSPS) is 29.0. The Hall–Kier alpha value is -1.11. The van der Waals surface area contributed by atoms with Gasteiger partial charge in [0.15, 0.2) is 9.84 Å². The first kappa shape index (κ1) is 13.3. The molecule has 0 aromatic rings. The molecule has 1 atom stereocenters. The molecule has 102 valence electrons. The molecule has 0 spiro atoms. The molecule has 0 aromatic heterocycles. The number of carboxylic acids is 1. The first-order valence-corrected chi connectivity index (χ1v) is 7.86. The Morgan fingerprint density at radius 3 is 2.28 bits per heavy atom. The molecular formula is C11H17NO5S. The third-order valence-electron chi connectivity index (χ3n) is 3.85. The monoisotopic (exact) mass is 275 g/mol. The molecule has 7 heteroatoms. The first-order chi connectivity index (χ1) is 8.37. The number of aliphatic carboxylic acids is 1. The second kappa shape index (κ2) is 4.53. The Labute approximate surface area is 106 Å². The number of nitrogens with one attached hydrogen (secondary N) is 1. The van der Waals surface area contributed by atoms with Gasteiger partial charge in [0.2, 0.25) is 5.91 Å². The molecule has 2 fully saturated rings. The number of carbonyl (C=O) groups is 2. The van der Waals surface area contributed by atoms with E-state index in [9.17, 15) is 18.0 Å². The summed E-state index contributed by atoms with van der Waals surface area (Å²) < 4.78 is 23.6. The van der Waals surface area contributed by atoms with Crippen LogP contribution in [0.3, 0.4) is 0 Å². The fourth-order valence-corrected chi connectivity index (χ4v) is 4.29. The van der Waals surface area contributed by atoms with Gasteiger partial charge in [-0.15, -0.1) is 0 Å². The number of amides is 1. The number of carboxylic acid groups (broad SMARTS) is 1. The molecule has 1 unspecified atom stereocenters.